The van der Waals surface area contributed by atoms with Gasteiger partial charge in [-0.25, -0.2) is 23.4 Å². The minimum atomic E-state index is -3.48. The fourth-order valence-corrected chi connectivity index (χ4v) is 4.73. The zero-order chi connectivity index (χ0) is 18.6. The van der Waals surface area contributed by atoms with Gasteiger partial charge in [-0.05, 0) is 38.0 Å². The van der Waals surface area contributed by atoms with E-state index in [9.17, 15) is 13.2 Å². The SMILES string of the molecule is CC(Sc1ccc(S(=O)(=O)N2CCCC2)cn1)C(=O)Nc1ncccn1. The van der Waals surface area contributed by atoms with Gasteiger partial charge in [-0.1, -0.05) is 11.8 Å². The van der Waals surface area contributed by atoms with Crippen LogP contribution < -0.4 is 5.32 Å². The second kappa shape index (κ2) is 8.11. The Kier molecular flexibility index (Phi) is 5.84. The summed E-state index contributed by atoms with van der Waals surface area (Å²) in [5, 5.41) is 2.76. The highest BCUT2D eigenvalue weighted by molar-refractivity contribution is 8.00. The van der Waals surface area contributed by atoms with Gasteiger partial charge < -0.3 is 0 Å². The molecular formula is C16H19N5O3S2. The maximum absolute atomic E-state index is 12.5. The number of amides is 1. The van der Waals surface area contributed by atoms with Crippen LogP contribution in [0.2, 0.25) is 0 Å². The van der Waals surface area contributed by atoms with Crippen LogP contribution in [0.3, 0.4) is 0 Å². The molecule has 0 aliphatic carbocycles. The maximum Gasteiger partial charge on any atom is 0.244 e. The van der Waals surface area contributed by atoms with E-state index < -0.39 is 15.3 Å². The van der Waals surface area contributed by atoms with Crippen LogP contribution in [0.1, 0.15) is 19.8 Å². The summed E-state index contributed by atoms with van der Waals surface area (Å²) in [7, 11) is -3.48. The van der Waals surface area contributed by atoms with Gasteiger partial charge in [0.15, 0.2) is 0 Å². The van der Waals surface area contributed by atoms with Crippen molar-refractivity contribution in [1.29, 1.82) is 0 Å². The van der Waals surface area contributed by atoms with E-state index in [1.165, 1.54) is 28.3 Å². The summed E-state index contributed by atoms with van der Waals surface area (Å²) in [6, 6.07) is 4.82. The van der Waals surface area contributed by atoms with Gasteiger partial charge in [0.05, 0.1) is 10.3 Å². The third-order valence-electron chi connectivity index (χ3n) is 3.88. The monoisotopic (exact) mass is 393 g/mol. The van der Waals surface area contributed by atoms with E-state index in [0.717, 1.165) is 12.8 Å². The van der Waals surface area contributed by atoms with E-state index in [0.29, 0.717) is 18.1 Å². The molecule has 138 valence electrons. The number of thioether (sulfide) groups is 1. The van der Waals surface area contributed by atoms with Gasteiger partial charge in [0.2, 0.25) is 21.9 Å². The number of rotatable bonds is 6. The Bertz CT molecular complexity index is 853. The highest BCUT2D eigenvalue weighted by atomic mass is 32.2. The molecule has 2 aromatic rings. The molecule has 26 heavy (non-hydrogen) atoms. The molecule has 0 saturated carbocycles. The molecule has 1 saturated heterocycles. The predicted molar refractivity (Wildman–Crippen MR) is 98.2 cm³/mol. The molecule has 0 bridgehead atoms. The molecule has 1 unspecified atom stereocenters. The molecule has 10 heteroatoms. The Morgan fingerprint density at radius 2 is 1.88 bits per heavy atom. The fraction of sp³-hybridized carbons (Fsp3) is 0.375. The number of hydrogen-bond acceptors (Lipinski definition) is 7. The number of nitrogens with one attached hydrogen (secondary N) is 1. The van der Waals surface area contributed by atoms with Gasteiger partial charge >= 0.3 is 0 Å². The third kappa shape index (κ3) is 4.37. The van der Waals surface area contributed by atoms with Crippen LogP contribution in [0.5, 0.6) is 0 Å². The molecule has 3 heterocycles. The van der Waals surface area contributed by atoms with Gasteiger partial charge in [0, 0.05) is 31.7 Å². The average molecular weight is 393 g/mol. The standard InChI is InChI=1S/C16H19N5O3S2/c1-12(15(22)20-16-17-7-4-8-18-16)25-14-6-5-13(11-19-14)26(23,24)21-9-2-3-10-21/h4-8,11-12H,2-3,9-10H2,1H3,(H,17,18,20,22). The van der Waals surface area contributed by atoms with Crippen LogP contribution in [0.4, 0.5) is 5.95 Å². The molecule has 2 aromatic heterocycles. The van der Waals surface area contributed by atoms with Crippen LogP contribution in [-0.4, -0.2) is 51.9 Å². The van der Waals surface area contributed by atoms with E-state index in [-0.39, 0.29) is 16.8 Å². The first-order valence-electron chi connectivity index (χ1n) is 8.17. The normalized spacial score (nSPS) is 16.3. The van der Waals surface area contributed by atoms with Crippen molar-refractivity contribution in [3.05, 3.63) is 36.8 Å². The molecule has 8 nitrogen and oxygen atoms in total. The summed E-state index contributed by atoms with van der Waals surface area (Å²) in [5.74, 6) is -0.0123. The molecule has 1 fully saturated rings. The number of hydrogen-bond donors (Lipinski definition) is 1. The van der Waals surface area contributed by atoms with Gasteiger partial charge in [0.25, 0.3) is 0 Å². The molecule has 0 aromatic carbocycles. The Morgan fingerprint density at radius 1 is 1.19 bits per heavy atom. The number of pyridine rings is 1. The zero-order valence-electron chi connectivity index (χ0n) is 14.2. The average Bonchev–Trinajstić information content (AvgIpc) is 3.18. The number of carbonyl (C=O) groups excluding carboxylic acids is 1. The van der Waals surface area contributed by atoms with Crippen molar-refractivity contribution in [2.45, 2.75) is 34.9 Å². The number of carbonyl (C=O) groups is 1. The summed E-state index contributed by atoms with van der Waals surface area (Å²) >= 11 is 1.24. The summed E-state index contributed by atoms with van der Waals surface area (Å²) in [4.78, 5) is 24.4. The van der Waals surface area contributed by atoms with Gasteiger partial charge in [-0.2, -0.15) is 4.31 Å². The molecule has 0 spiro atoms. The predicted octanol–water partition coefficient (Wildman–Crippen LogP) is 1.78. The third-order valence-corrected chi connectivity index (χ3v) is 6.81. The maximum atomic E-state index is 12.5. The van der Waals surface area contributed by atoms with E-state index >= 15 is 0 Å². The first kappa shape index (κ1) is 18.7. The van der Waals surface area contributed by atoms with Crippen LogP contribution >= 0.6 is 11.8 Å². The molecule has 1 N–H and O–H groups in total. The quantitative estimate of drug-likeness (QED) is 0.746. The van der Waals surface area contributed by atoms with Gasteiger partial charge in [-0.3, -0.25) is 10.1 Å². The Hall–Kier alpha value is -2.04. The Labute approximate surface area is 156 Å². The van der Waals surface area contributed by atoms with Crippen molar-refractivity contribution in [2.24, 2.45) is 0 Å². The van der Waals surface area contributed by atoms with E-state index in [4.69, 9.17) is 0 Å². The highest BCUT2D eigenvalue weighted by Gasteiger charge is 2.27. The molecular weight excluding hydrogens is 374 g/mol. The summed E-state index contributed by atoms with van der Waals surface area (Å²) < 4.78 is 26.4. The van der Waals surface area contributed by atoms with Crippen molar-refractivity contribution in [3.63, 3.8) is 0 Å². The smallest absolute Gasteiger partial charge is 0.244 e. The summed E-state index contributed by atoms with van der Waals surface area (Å²) in [6.07, 6.45) is 6.21. The van der Waals surface area contributed by atoms with Crippen LogP contribution in [0.15, 0.2) is 46.7 Å². The topological polar surface area (TPSA) is 105 Å². The molecule has 1 atom stereocenters. The fourth-order valence-electron chi connectivity index (χ4n) is 2.48. The van der Waals surface area contributed by atoms with Crippen LogP contribution in [-0.2, 0) is 14.8 Å². The van der Waals surface area contributed by atoms with E-state index in [2.05, 4.69) is 20.3 Å². The summed E-state index contributed by atoms with van der Waals surface area (Å²) in [6.45, 7) is 2.84. The highest BCUT2D eigenvalue weighted by Crippen LogP contribution is 2.25. The first-order chi connectivity index (χ1) is 12.5. The van der Waals surface area contributed by atoms with Crippen molar-refractivity contribution in [1.82, 2.24) is 19.3 Å². The van der Waals surface area contributed by atoms with Gasteiger partial charge in [-0.15, -0.1) is 0 Å². The van der Waals surface area contributed by atoms with Gasteiger partial charge in [0.1, 0.15) is 4.90 Å². The lowest BCUT2D eigenvalue weighted by Crippen LogP contribution is -2.28. The van der Waals surface area contributed by atoms with Crippen LogP contribution in [0.25, 0.3) is 0 Å². The summed E-state index contributed by atoms with van der Waals surface area (Å²) in [5.41, 5.74) is 0. The Morgan fingerprint density at radius 3 is 2.50 bits per heavy atom. The van der Waals surface area contributed by atoms with Crippen molar-refractivity contribution in [2.75, 3.05) is 18.4 Å². The molecule has 1 amide bonds. The van der Waals surface area contributed by atoms with Crippen molar-refractivity contribution in [3.8, 4) is 0 Å². The number of aromatic nitrogens is 3. The molecule has 1 aliphatic rings. The van der Waals surface area contributed by atoms with Crippen molar-refractivity contribution >= 4 is 33.6 Å². The lowest BCUT2D eigenvalue weighted by molar-refractivity contribution is -0.115. The Balaban J connectivity index is 1.62. The number of anilines is 1. The van der Waals surface area contributed by atoms with Crippen molar-refractivity contribution < 1.29 is 13.2 Å². The minimum absolute atomic E-state index is 0.179. The lowest BCUT2D eigenvalue weighted by Gasteiger charge is -2.15. The number of sulfonamides is 1. The molecule has 0 radical (unpaired) electrons. The largest absolute Gasteiger partial charge is 0.294 e. The van der Waals surface area contributed by atoms with E-state index in [1.807, 2.05) is 0 Å². The first-order valence-corrected chi connectivity index (χ1v) is 10.5. The second-order valence-electron chi connectivity index (χ2n) is 5.77. The van der Waals surface area contributed by atoms with Crippen LogP contribution in [0, 0.1) is 0 Å². The molecule has 3 rings (SSSR count). The zero-order valence-corrected chi connectivity index (χ0v) is 15.8. The van der Waals surface area contributed by atoms with E-state index in [1.54, 1.807) is 31.5 Å². The lowest BCUT2D eigenvalue weighted by atomic mass is 10.4. The minimum Gasteiger partial charge on any atom is -0.294 e. The second-order valence-corrected chi connectivity index (χ2v) is 9.06. The molecule has 1 aliphatic heterocycles. The number of nitrogens with zero attached hydrogens (tertiary/aromatic N) is 4.